The molecular weight excluding hydrogens is 215 g/mol. The van der Waals surface area contributed by atoms with Gasteiger partial charge in [-0.25, -0.2) is 4.39 Å². The molecular formula is C14H17FN2. The van der Waals surface area contributed by atoms with Gasteiger partial charge in [-0.05, 0) is 37.9 Å². The predicted molar refractivity (Wildman–Crippen MR) is 64.8 cm³/mol. The van der Waals surface area contributed by atoms with Gasteiger partial charge in [0, 0.05) is 18.7 Å². The zero-order valence-electron chi connectivity index (χ0n) is 10.1. The molecule has 0 bridgehead atoms. The summed E-state index contributed by atoms with van der Waals surface area (Å²) < 4.78 is 13.7. The van der Waals surface area contributed by atoms with Gasteiger partial charge in [-0.2, -0.15) is 5.26 Å². The van der Waals surface area contributed by atoms with Gasteiger partial charge in [0.1, 0.15) is 5.82 Å². The van der Waals surface area contributed by atoms with E-state index in [1.54, 1.807) is 12.1 Å². The third kappa shape index (κ3) is 3.04. The lowest BCUT2D eigenvalue weighted by molar-refractivity contribution is 0.199. The van der Waals surface area contributed by atoms with Gasteiger partial charge in [-0.1, -0.05) is 12.5 Å². The highest BCUT2D eigenvalue weighted by atomic mass is 19.1. The first-order chi connectivity index (χ1) is 8.19. The number of halogens is 1. The summed E-state index contributed by atoms with van der Waals surface area (Å²) >= 11 is 0. The molecule has 0 unspecified atom stereocenters. The van der Waals surface area contributed by atoms with E-state index in [2.05, 4.69) is 4.90 Å². The summed E-state index contributed by atoms with van der Waals surface area (Å²) in [5.74, 6) is 0.519. The van der Waals surface area contributed by atoms with E-state index >= 15 is 0 Å². The molecule has 1 aliphatic carbocycles. The standard InChI is InChI=1S/C14H17FN2/c1-17(9-11-3-2-4-11)10-13-6-5-12(8-16)7-14(13)15/h5-7,11H,2-4,9-10H2,1H3. The zero-order valence-corrected chi connectivity index (χ0v) is 10.1. The minimum atomic E-state index is -0.274. The maximum absolute atomic E-state index is 13.7. The molecule has 2 nitrogen and oxygen atoms in total. The van der Waals surface area contributed by atoms with Crippen molar-refractivity contribution in [3.05, 3.63) is 35.1 Å². The van der Waals surface area contributed by atoms with Crippen LogP contribution in [0.1, 0.15) is 30.4 Å². The van der Waals surface area contributed by atoms with Crippen LogP contribution in [0.5, 0.6) is 0 Å². The van der Waals surface area contributed by atoms with Gasteiger partial charge in [-0.15, -0.1) is 0 Å². The second-order valence-corrected chi connectivity index (χ2v) is 4.91. The molecule has 90 valence electrons. The van der Waals surface area contributed by atoms with Crippen LogP contribution < -0.4 is 0 Å². The van der Waals surface area contributed by atoms with Crippen molar-refractivity contribution in [1.82, 2.24) is 4.90 Å². The van der Waals surface area contributed by atoms with Crippen LogP contribution in [0, 0.1) is 23.1 Å². The highest BCUT2D eigenvalue weighted by Crippen LogP contribution is 2.27. The molecule has 0 heterocycles. The third-order valence-corrected chi connectivity index (χ3v) is 3.42. The summed E-state index contributed by atoms with van der Waals surface area (Å²) in [6, 6.07) is 6.65. The number of benzene rings is 1. The van der Waals surface area contributed by atoms with E-state index in [1.165, 1.54) is 25.3 Å². The summed E-state index contributed by atoms with van der Waals surface area (Å²) in [5.41, 5.74) is 1.05. The van der Waals surface area contributed by atoms with Crippen LogP contribution in [-0.4, -0.2) is 18.5 Å². The maximum atomic E-state index is 13.7. The Labute approximate surface area is 102 Å². The van der Waals surface area contributed by atoms with E-state index < -0.39 is 0 Å². The highest BCUT2D eigenvalue weighted by molar-refractivity contribution is 5.32. The van der Waals surface area contributed by atoms with Gasteiger partial charge in [0.05, 0.1) is 11.6 Å². The predicted octanol–water partition coefficient (Wildman–Crippen LogP) is 2.93. The van der Waals surface area contributed by atoms with E-state index in [-0.39, 0.29) is 5.82 Å². The van der Waals surface area contributed by atoms with Crippen LogP contribution >= 0.6 is 0 Å². The largest absolute Gasteiger partial charge is 0.302 e. The first kappa shape index (κ1) is 12.1. The fourth-order valence-corrected chi connectivity index (χ4v) is 2.22. The van der Waals surface area contributed by atoms with Crippen LogP contribution in [0.25, 0.3) is 0 Å². The smallest absolute Gasteiger partial charge is 0.129 e. The molecule has 0 amide bonds. The van der Waals surface area contributed by atoms with Gasteiger partial charge in [-0.3, -0.25) is 0 Å². The monoisotopic (exact) mass is 232 g/mol. The second-order valence-electron chi connectivity index (χ2n) is 4.91. The van der Waals surface area contributed by atoms with Crippen LogP contribution in [0.3, 0.4) is 0 Å². The van der Waals surface area contributed by atoms with E-state index in [0.29, 0.717) is 17.7 Å². The van der Waals surface area contributed by atoms with Crippen molar-refractivity contribution in [2.75, 3.05) is 13.6 Å². The van der Waals surface area contributed by atoms with Crippen molar-refractivity contribution in [3.8, 4) is 6.07 Å². The second kappa shape index (κ2) is 5.29. The van der Waals surface area contributed by atoms with Gasteiger partial charge in [0.15, 0.2) is 0 Å². The van der Waals surface area contributed by atoms with Crippen LogP contribution in [-0.2, 0) is 6.54 Å². The Morgan fingerprint density at radius 1 is 1.47 bits per heavy atom. The molecule has 0 aliphatic heterocycles. The number of nitriles is 1. The average molecular weight is 232 g/mol. The molecule has 2 rings (SSSR count). The molecule has 0 aromatic heterocycles. The summed E-state index contributed by atoms with van der Waals surface area (Å²) in [4.78, 5) is 2.16. The van der Waals surface area contributed by atoms with Gasteiger partial charge in [0.25, 0.3) is 0 Å². The van der Waals surface area contributed by atoms with Crippen molar-refractivity contribution in [2.45, 2.75) is 25.8 Å². The molecule has 1 aromatic carbocycles. The molecule has 0 saturated heterocycles. The van der Waals surface area contributed by atoms with Crippen molar-refractivity contribution in [3.63, 3.8) is 0 Å². The first-order valence-electron chi connectivity index (χ1n) is 6.06. The molecule has 1 aromatic rings. The number of nitrogens with zero attached hydrogens (tertiary/aromatic N) is 2. The molecule has 3 heteroatoms. The lowest BCUT2D eigenvalue weighted by Crippen LogP contribution is -2.29. The lowest BCUT2D eigenvalue weighted by Gasteiger charge is -2.30. The normalized spacial score (nSPS) is 15.6. The topological polar surface area (TPSA) is 27.0 Å². The molecule has 0 spiro atoms. The van der Waals surface area contributed by atoms with Crippen LogP contribution in [0.2, 0.25) is 0 Å². The Bertz CT molecular complexity index is 432. The van der Waals surface area contributed by atoms with Gasteiger partial charge >= 0.3 is 0 Å². The summed E-state index contributed by atoms with van der Waals surface area (Å²) in [7, 11) is 2.02. The minimum absolute atomic E-state index is 0.274. The maximum Gasteiger partial charge on any atom is 0.129 e. The molecule has 0 N–H and O–H groups in total. The van der Waals surface area contributed by atoms with E-state index in [4.69, 9.17) is 5.26 Å². The lowest BCUT2D eigenvalue weighted by atomic mass is 9.85. The van der Waals surface area contributed by atoms with Crippen LogP contribution in [0.4, 0.5) is 4.39 Å². The number of rotatable bonds is 4. The average Bonchev–Trinajstić information content (AvgIpc) is 2.26. The molecule has 0 radical (unpaired) electrons. The Hall–Kier alpha value is -1.40. The molecule has 1 aliphatic rings. The van der Waals surface area contributed by atoms with Gasteiger partial charge in [0.2, 0.25) is 0 Å². The quantitative estimate of drug-likeness (QED) is 0.798. The van der Waals surface area contributed by atoms with E-state index in [0.717, 1.165) is 12.5 Å². The number of hydrogen-bond acceptors (Lipinski definition) is 2. The summed E-state index contributed by atoms with van der Waals surface area (Å²) in [5, 5.41) is 8.67. The van der Waals surface area contributed by atoms with E-state index in [9.17, 15) is 4.39 Å². The number of hydrogen-bond donors (Lipinski definition) is 0. The Morgan fingerprint density at radius 3 is 2.76 bits per heavy atom. The van der Waals surface area contributed by atoms with Crippen molar-refractivity contribution < 1.29 is 4.39 Å². The zero-order chi connectivity index (χ0) is 12.3. The first-order valence-corrected chi connectivity index (χ1v) is 6.06. The van der Waals surface area contributed by atoms with E-state index in [1.807, 2.05) is 13.1 Å². The van der Waals surface area contributed by atoms with Crippen LogP contribution in [0.15, 0.2) is 18.2 Å². The molecule has 1 saturated carbocycles. The molecule has 17 heavy (non-hydrogen) atoms. The fourth-order valence-electron chi connectivity index (χ4n) is 2.22. The molecule has 1 fully saturated rings. The highest BCUT2D eigenvalue weighted by Gasteiger charge is 2.19. The van der Waals surface area contributed by atoms with Gasteiger partial charge < -0.3 is 4.90 Å². The summed E-state index contributed by atoms with van der Waals surface area (Å²) in [6.07, 6.45) is 3.95. The van der Waals surface area contributed by atoms with Crippen molar-refractivity contribution >= 4 is 0 Å². The fraction of sp³-hybridized carbons (Fsp3) is 0.500. The summed E-state index contributed by atoms with van der Waals surface area (Å²) in [6.45, 7) is 1.66. The van der Waals surface area contributed by atoms with Crippen molar-refractivity contribution in [2.24, 2.45) is 5.92 Å². The molecule has 0 atom stereocenters. The Balaban J connectivity index is 1.95. The third-order valence-electron chi connectivity index (χ3n) is 3.42. The SMILES string of the molecule is CN(Cc1ccc(C#N)cc1F)CC1CCC1. The van der Waals surface area contributed by atoms with Crippen molar-refractivity contribution in [1.29, 1.82) is 5.26 Å². The minimum Gasteiger partial charge on any atom is -0.302 e. The Morgan fingerprint density at radius 2 is 2.24 bits per heavy atom. The Kier molecular flexibility index (Phi) is 3.75.